The molecule has 1 N–H and O–H groups in total. The van der Waals surface area contributed by atoms with Crippen LogP contribution in [0.2, 0.25) is 0 Å². The number of rotatable bonds is 4. The predicted octanol–water partition coefficient (Wildman–Crippen LogP) is 2.79. The lowest BCUT2D eigenvalue weighted by Crippen LogP contribution is -2.40. The van der Waals surface area contributed by atoms with Gasteiger partial charge in [0.25, 0.3) is 5.91 Å². The summed E-state index contributed by atoms with van der Waals surface area (Å²) in [4.78, 5) is 12.7. The SMILES string of the molecule is COc1ccc(S(=O)(=O)N2CCCCCC2)cc1C(=O)NC(C)(C)C. The molecule has 0 aromatic heterocycles. The Labute approximate surface area is 150 Å². The first kappa shape index (κ1) is 19.7. The van der Waals surface area contributed by atoms with E-state index < -0.39 is 15.6 Å². The molecule has 1 aliphatic rings. The summed E-state index contributed by atoms with van der Waals surface area (Å²) in [5, 5.41) is 2.85. The number of sulfonamides is 1. The number of nitrogens with one attached hydrogen (secondary N) is 1. The van der Waals surface area contributed by atoms with E-state index in [-0.39, 0.29) is 16.4 Å². The molecule has 0 atom stereocenters. The zero-order valence-corrected chi connectivity index (χ0v) is 16.3. The molecule has 0 radical (unpaired) electrons. The van der Waals surface area contributed by atoms with E-state index in [2.05, 4.69) is 5.32 Å². The molecule has 1 fully saturated rings. The number of methoxy groups -OCH3 is 1. The Morgan fingerprint density at radius 2 is 1.72 bits per heavy atom. The van der Waals surface area contributed by atoms with Crippen LogP contribution >= 0.6 is 0 Å². The second-order valence-corrected chi connectivity index (χ2v) is 9.32. The third-order valence-corrected chi connectivity index (χ3v) is 6.00. The summed E-state index contributed by atoms with van der Waals surface area (Å²) >= 11 is 0. The molecule has 0 saturated carbocycles. The third kappa shape index (κ3) is 4.95. The van der Waals surface area contributed by atoms with Gasteiger partial charge in [0, 0.05) is 18.6 Å². The minimum Gasteiger partial charge on any atom is -0.496 e. The third-order valence-electron chi connectivity index (χ3n) is 4.11. The van der Waals surface area contributed by atoms with Crippen LogP contribution in [0.3, 0.4) is 0 Å². The molecule has 1 amide bonds. The monoisotopic (exact) mass is 368 g/mol. The summed E-state index contributed by atoms with van der Waals surface area (Å²) in [5.74, 6) is 0.00818. The molecule has 1 heterocycles. The van der Waals surface area contributed by atoms with Gasteiger partial charge in [-0.3, -0.25) is 4.79 Å². The molecule has 1 aromatic rings. The average molecular weight is 368 g/mol. The smallest absolute Gasteiger partial charge is 0.255 e. The number of ether oxygens (including phenoxy) is 1. The minimum absolute atomic E-state index is 0.134. The van der Waals surface area contributed by atoms with Crippen molar-refractivity contribution in [3.63, 3.8) is 0 Å². The number of benzene rings is 1. The summed E-state index contributed by atoms with van der Waals surface area (Å²) in [6.45, 7) is 6.66. The Hall–Kier alpha value is -1.60. The van der Waals surface area contributed by atoms with E-state index >= 15 is 0 Å². The van der Waals surface area contributed by atoms with Gasteiger partial charge >= 0.3 is 0 Å². The molecule has 0 spiro atoms. The van der Waals surface area contributed by atoms with E-state index in [0.29, 0.717) is 18.8 Å². The van der Waals surface area contributed by atoms with Gasteiger partial charge in [0.1, 0.15) is 5.75 Å². The molecule has 6 nitrogen and oxygen atoms in total. The molecule has 140 valence electrons. The first-order valence-electron chi connectivity index (χ1n) is 8.66. The molecule has 7 heteroatoms. The van der Waals surface area contributed by atoms with Crippen molar-refractivity contribution < 1.29 is 17.9 Å². The lowest BCUT2D eigenvalue weighted by atomic mass is 10.1. The predicted molar refractivity (Wildman–Crippen MR) is 97.4 cm³/mol. The summed E-state index contributed by atoms with van der Waals surface area (Å²) in [6, 6.07) is 4.47. The highest BCUT2D eigenvalue weighted by Gasteiger charge is 2.27. The first-order valence-corrected chi connectivity index (χ1v) is 10.1. The topological polar surface area (TPSA) is 75.7 Å². The van der Waals surface area contributed by atoms with Crippen molar-refractivity contribution in [1.82, 2.24) is 9.62 Å². The van der Waals surface area contributed by atoms with Gasteiger partial charge in [-0.1, -0.05) is 12.8 Å². The summed E-state index contributed by atoms with van der Waals surface area (Å²) in [6.07, 6.45) is 3.83. The standard InChI is InChI=1S/C18H28N2O4S/c1-18(2,3)19-17(21)15-13-14(9-10-16(15)24-4)25(22,23)20-11-7-5-6-8-12-20/h9-10,13H,5-8,11-12H2,1-4H3,(H,19,21). The molecule has 1 saturated heterocycles. The van der Waals surface area contributed by atoms with E-state index in [9.17, 15) is 13.2 Å². The zero-order chi connectivity index (χ0) is 18.7. The van der Waals surface area contributed by atoms with Crippen LogP contribution in [-0.4, -0.2) is 44.4 Å². The van der Waals surface area contributed by atoms with Crippen molar-refractivity contribution in [3.05, 3.63) is 23.8 Å². The van der Waals surface area contributed by atoms with Crippen molar-refractivity contribution in [3.8, 4) is 5.75 Å². The van der Waals surface area contributed by atoms with Crippen LogP contribution in [0, 0.1) is 0 Å². The fraction of sp³-hybridized carbons (Fsp3) is 0.611. The molecule has 1 aromatic carbocycles. The van der Waals surface area contributed by atoms with E-state index in [4.69, 9.17) is 4.74 Å². The molecule has 0 unspecified atom stereocenters. The van der Waals surface area contributed by atoms with Crippen molar-refractivity contribution in [2.24, 2.45) is 0 Å². The Bertz CT molecular complexity index is 715. The number of hydrogen-bond donors (Lipinski definition) is 1. The highest BCUT2D eigenvalue weighted by molar-refractivity contribution is 7.89. The van der Waals surface area contributed by atoms with Crippen LogP contribution in [-0.2, 0) is 10.0 Å². The van der Waals surface area contributed by atoms with Crippen LogP contribution in [0.4, 0.5) is 0 Å². The molecule has 0 aliphatic carbocycles. The molecule has 2 rings (SSSR count). The summed E-state index contributed by atoms with van der Waals surface area (Å²) in [7, 11) is -2.15. The quantitative estimate of drug-likeness (QED) is 0.887. The van der Waals surface area contributed by atoms with Gasteiger partial charge in [-0.05, 0) is 51.8 Å². The van der Waals surface area contributed by atoms with E-state index in [1.165, 1.54) is 23.5 Å². The average Bonchev–Trinajstić information content (AvgIpc) is 2.82. The number of hydrogen-bond acceptors (Lipinski definition) is 4. The largest absolute Gasteiger partial charge is 0.496 e. The van der Waals surface area contributed by atoms with Crippen molar-refractivity contribution in [2.75, 3.05) is 20.2 Å². The molecular formula is C18H28N2O4S. The zero-order valence-electron chi connectivity index (χ0n) is 15.5. The highest BCUT2D eigenvalue weighted by atomic mass is 32.2. The van der Waals surface area contributed by atoms with E-state index in [1.54, 1.807) is 6.07 Å². The van der Waals surface area contributed by atoms with Gasteiger partial charge in [-0.25, -0.2) is 8.42 Å². The maximum Gasteiger partial charge on any atom is 0.255 e. The lowest BCUT2D eigenvalue weighted by Gasteiger charge is -2.23. The van der Waals surface area contributed by atoms with Crippen LogP contribution in [0.15, 0.2) is 23.1 Å². The van der Waals surface area contributed by atoms with Gasteiger partial charge in [-0.15, -0.1) is 0 Å². The van der Waals surface area contributed by atoms with Crippen LogP contribution < -0.4 is 10.1 Å². The lowest BCUT2D eigenvalue weighted by molar-refractivity contribution is 0.0916. The van der Waals surface area contributed by atoms with E-state index in [1.807, 2.05) is 20.8 Å². The highest BCUT2D eigenvalue weighted by Crippen LogP contribution is 2.26. The second-order valence-electron chi connectivity index (χ2n) is 7.38. The van der Waals surface area contributed by atoms with Crippen LogP contribution in [0.1, 0.15) is 56.8 Å². The van der Waals surface area contributed by atoms with Gasteiger partial charge in [-0.2, -0.15) is 4.31 Å². The van der Waals surface area contributed by atoms with Gasteiger partial charge in [0.15, 0.2) is 0 Å². The minimum atomic E-state index is -3.61. The molecule has 0 bridgehead atoms. The van der Waals surface area contributed by atoms with Crippen LogP contribution in [0.25, 0.3) is 0 Å². The van der Waals surface area contributed by atoms with Crippen molar-refractivity contribution in [2.45, 2.75) is 56.9 Å². The van der Waals surface area contributed by atoms with Gasteiger partial charge in [0.05, 0.1) is 17.6 Å². The maximum absolute atomic E-state index is 13.0. The number of amides is 1. The first-order chi connectivity index (χ1) is 11.6. The Kier molecular flexibility index (Phi) is 6.11. The van der Waals surface area contributed by atoms with Crippen molar-refractivity contribution >= 4 is 15.9 Å². The molecular weight excluding hydrogens is 340 g/mol. The fourth-order valence-corrected chi connectivity index (χ4v) is 4.41. The number of carbonyl (C=O) groups is 1. The van der Waals surface area contributed by atoms with Crippen LogP contribution in [0.5, 0.6) is 5.75 Å². The molecule has 1 aliphatic heterocycles. The Morgan fingerprint density at radius 1 is 1.12 bits per heavy atom. The van der Waals surface area contributed by atoms with Gasteiger partial charge < -0.3 is 10.1 Å². The summed E-state index contributed by atoms with van der Waals surface area (Å²) < 4.78 is 32.7. The molecule has 25 heavy (non-hydrogen) atoms. The summed E-state index contributed by atoms with van der Waals surface area (Å²) in [5.41, 5.74) is -0.199. The maximum atomic E-state index is 13.0. The van der Waals surface area contributed by atoms with Gasteiger partial charge in [0.2, 0.25) is 10.0 Å². The number of carbonyl (C=O) groups excluding carboxylic acids is 1. The normalized spacial score (nSPS) is 17.0. The van der Waals surface area contributed by atoms with E-state index in [0.717, 1.165) is 25.7 Å². The Balaban J connectivity index is 2.38. The fourth-order valence-electron chi connectivity index (χ4n) is 2.86. The number of nitrogens with zero attached hydrogens (tertiary/aromatic N) is 1. The second kappa shape index (κ2) is 7.74. The Morgan fingerprint density at radius 3 is 2.24 bits per heavy atom. The van der Waals surface area contributed by atoms with Crippen molar-refractivity contribution in [1.29, 1.82) is 0 Å².